The van der Waals surface area contributed by atoms with Crippen molar-refractivity contribution in [3.8, 4) is 11.8 Å². The molecule has 0 spiro atoms. The Morgan fingerprint density at radius 3 is 1.93 bits per heavy atom. The van der Waals surface area contributed by atoms with Crippen LogP contribution in [0.3, 0.4) is 0 Å². The van der Waals surface area contributed by atoms with Crippen molar-refractivity contribution in [2.45, 2.75) is 6.04 Å². The topological polar surface area (TPSA) is 85.2 Å². The van der Waals surface area contributed by atoms with Gasteiger partial charge in [-0.3, -0.25) is 4.79 Å². The highest BCUT2D eigenvalue weighted by molar-refractivity contribution is 6.06. The highest BCUT2D eigenvalue weighted by Gasteiger charge is 2.14. The van der Waals surface area contributed by atoms with E-state index in [0.29, 0.717) is 5.69 Å². The van der Waals surface area contributed by atoms with Crippen LogP contribution in [0.1, 0.15) is 17.2 Å². The van der Waals surface area contributed by atoms with E-state index in [2.05, 4.69) is 10.6 Å². The molecule has 3 aromatic carbocycles. The third-order valence-corrected chi connectivity index (χ3v) is 4.15. The first kappa shape index (κ1) is 18.7. The van der Waals surface area contributed by atoms with E-state index in [0.717, 1.165) is 11.1 Å². The quantitative estimate of drug-likeness (QED) is 0.347. The molecule has 0 radical (unpaired) electrons. The van der Waals surface area contributed by atoms with E-state index in [4.69, 9.17) is 0 Å². The number of amides is 1. The van der Waals surface area contributed by atoms with Gasteiger partial charge in [-0.2, -0.15) is 5.26 Å². The number of phenolic OH excluding ortho intramolecular Hbond substituents is 1. The van der Waals surface area contributed by atoms with Gasteiger partial charge in [-0.1, -0.05) is 60.7 Å². The van der Waals surface area contributed by atoms with E-state index in [1.165, 1.54) is 18.3 Å². The highest BCUT2D eigenvalue weighted by atomic mass is 16.3. The van der Waals surface area contributed by atoms with Crippen LogP contribution < -0.4 is 10.6 Å². The van der Waals surface area contributed by atoms with Crippen molar-refractivity contribution in [1.82, 2.24) is 5.32 Å². The van der Waals surface area contributed by atoms with Crippen LogP contribution in [0.25, 0.3) is 0 Å². The van der Waals surface area contributed by atoms with E-state index >= 15 is 0 Å². The molecule has 1 amide bonds. The van der Waals surface area contributed by atoms with Crippen LogP contribution in [0.4, 0.5) is 5.69 Å². The molecule has 0 fully saturated rings. The number of nitriles is 1. The summed E-state index contributed by atoms with van der Waals surface area (Å²) in [4.78, 5) is 12.4. The standard InChI is InChI=1S/C23H19N3O2/c24-15-19(23(28)26-20-11-13-21(27)14-12-20)16-25-22(17-7-3-1-4-8-17)18-9-5-2-6-10-18/h1-14,16,22,25,27H,(H,26,28)/b19-16-. The lowest BCUT2D eigenvalue weighted by atomic mass is 9.99. The molecule has 0 heterocycles. The van der Waals surface area contributed by atoms with Gasteiger partial charge < -0.3 is 15.7 Å². The predicted molar refractivity (Wildman–Crippen MR) is 108 cm³/mol. The predicted octanol–water partition coefficient (Wildman–Crippen LogP) is 4.12. The molecule has 0 aliphatic carbocycles. The van der Waals surface area contributed by atoms with Gasteiger partial charge in [0.05, 0.1) is 6.04 Å². The average Bonchev–Trinajstić information content (AvgIpc) is 2.74. The minimum absolute atomic E-state index is 0.0510. The smallest absolute Gasteiger partial charge is 0.267 e. The molecule has 0 unspecified atom stereocenters. The molecule has 5 heteroatoms. The van der Waals surface area contributed by atoms with Crippen molar-refractivity contribution >= 4 is 11.6 Å². The van der Waals surface area contributed by atoms with Gasteiger partial charge in [0.25, 0.3) is 5.91 Å². The van der Waals surface area contributed by atoms with Crippen LogP contribution in [0, 0.1) is 11.3 Å². The SMILES string of the molecule is N#C/C(=C/NC(c1ccccc1)c1ccccc1)C(=O)Nc1ccc(O)cc1. The van der Waals surface area contributed by atoms with Crippen LogP contribution in [0.5, 0.6) is 5.75 Å². The van der Waals surface area contributed by atoms with Gasteiger partial charge in [-0.05, 0) is 35.4 Å². The number of nitrogens with zero attached hydrogens (tertiary/aromatic N) is 1. The summed E-state index contributed by atoms with van der Waals surface area (Å²) in [6, 6.07) is 27.4. The van der Waals surface area contributed by atoms with E-state index in [1.807, 2.05) is 66.7 Å². The molecule has 0 aromatic heterocycles. The molecule has 3 rings (SSSR count). The second kappa shape index (κ2) is 9.06. The molecule has 0 bridgehead atoms. The van der Waals surface area contributed by atoms with Crippen molar-refractivity contribution < 1.29 is 9.90 Å². The summed E-state index contributed by atoms with van der Waals surface area (Å²) in [5, 5.41) is 24.6. The number of carbonyl (C=O) groups is 1. The van der Waals surface area contributed by atoms with Crippen LogP contribution >= 0.6 is 0 Å². The number of hydrogen-bond acceptors (Lipinski definition) is 4. The number of rotatable bonds is 6. The fourth-order valence-electron chi connectivity index (χ4n) is 2.73. The Balaban J connectivity index is 1.81. The Labute approximate surface area is 163 Å². The summed E-state index contributed by atoms with van der Waals surface area (Å²) in [7, 11) is 0. The monoisotopic (exact) mass is 369 g/mol. The second-order valence-corrected chi connectivity index (χ2v) is 6.09. The maximum Gasteiger partial charge on any atom is 0.267 e. The fraction of sp³-hybridized carbons (Fsp3) is 0.0435. The number of phenols is 1. The molecular formula is C23H19N3O2. The zero-order valence-corrected chi connectivity index (χ0v) is 15.0. The normalized spacial score (nSPS) is 10.9. The van der Waals surface area contributed by atoms with Crippen molar-refractivity contribution in [3.05, 3.63) is 108 Å². The Hall–Kier alpha value is -4.04. The first-order valence-corrected chi connectivity index (χ1v) is 8.74. The Bertz CT molecular complexity index is 952. The maximum absolute atomic E-state index is 12.4. The number of aromatic hydroxyl groups is 1. The first-order chi connectivity index (χ1) is 13.7. The highest BCUT2D eigenvalue weighted by Crippen LogP contribution is 2.22. The van der Waals surface area contributed by atoms with Crippen molar-refractivity contribution in [2.24, 2.45) is 0 Å². The summed E-state index contributed by atoms with van der Waals surface area (Å²) in [6.45, 7) is 0. The number of carbonyl (C=O) groups excluding carboxylic acids is 1. The molecule has 0 atom stereocenters. The average molecular weight is 369 g/mol. The fourth-order valence-corrected chi connectivity index (χ4v) is 2.73. The van der Waals surface area contributed by atoms with Gasteiger partial charge in [-0.15, -0.1) is 0 Å². The summed E-state index contributed by atoms with van der Waals surface area (Å²) in [6.07, 6.45) is 1.43. The maximum atomic E-state index is 12.4. The molecule has 28 heavy (non-hydrogen) atoms. The minimum Gasteiger partial charge on any atom is -0.508 e. The molecule has 0 aliphatic rings. The van der Waals surface area contributed by atoms with E-state index in [-0.39, 0.29) is 17.4 Å². The number of nitrogens with one attached hydrogen (secondary N) is 2. The summed E-state index contributed by atoms with van der Waals surface area (Å²) in [5.41, 5.74) is 2.47. The number of hydrogen-bond donors (Lipinski definition) is 3. The molecule has 5 nitrogen and oxygen atoms in total. The molecule has 0 saturated carbocycles. The molecule has 3 aromatic rings. The van der Waals surface area contributed by atoms with Gasteiger partial charge in [0.15, 0.2) is 0 Å². The summed E-state index contributed by atoms with van der Waals surface area (Å²) >= 11 is 0. The van der Waals surface area contributed by atoms with Crippen LogP contribution in [0.15, 0.2) is 96.7 Å². The van der Waals surface area contributed by atoms with Crippen molar-refractivity contribution in [3.63, 3.8) is 0 Å². The van der Waals surface area contributed by atoms with Crippen LogP contribution in [-0.4, -0.2) is 11.0 Å². The van der Waals surface area contributed by atoms with Gasteiger partial charge in [0.1, 0.15) is 17.4 Å². The minimum atomic E-state index is -0.527. The van der Waals surface area contributed by atoms with Crippen molar-refractivity contribution in [2.75, 3.05) is 5.32 Å². The van der Waals surface area contributed by atoms with E-state index in [9.17, 15) is 15.2 Å². The molecule has 138 valence electrons. The lowest BCUT2D eigenvalue weighted by molar-refractivity contribution is -0.112. The third-order valence-electron chi connectivity index (χ3n) is 4.15. The molecule has 0 saturated heterocycles. The number of anilines is 1. The lowest BCUT2D eigenvalue weighted by Gasteiger charge is -2.19. The molecular weight excluding hydrogens is 350 g/mol. The van der Waals surface area contributed by atoms with E-state index in [1.54, 1.807) is 12.1 Å². The van der Waals surface area contributed by atoms with E-state index < -0.39 is 5.91 Å². The molecule has 0 aliphatic heterocycles. The zero-order chi connectivity index (χ0) is 19.8. The van der Waals surface area contributed by atoms with Gasteiger partial charge in [-0.25, -0.2) is 0 Å². The van der Waals surface area contributed by atoms with Crippen molar-refractivity contribution in [1.29, 1.82) is 5.26 Å². The Morgan fingerprint density at radius 2 is 1.43 bits per heavy atom. The first-order valence-electron chi connectivity index (χ1n) is 8.74. The van der Waals surface area contributed by atoms with Gasteiger partial charge in [0.2, 0.25) is 0 Å². The summed E-state index contributed by atoms with van der Waals surface area (Å²) < 4.78 is 0. The Kier molecular flexibility index (Phi) is 6.06. The van der Waals surface area contributed by atoms with Gasteiger partial charge >= 0.3 is 0 Å². The zero-order valence-electron chi connectivity index (χ0n) is 15.0. The third kappa shape index (κ3) is 4.77. The lowest BCUT2D eigenvalue weighted by Crippen LogP contribution is -2.21. The van der Waals surface area contributed by atoms with Gasteiger partial charge in [0, 0.05) is 11.9 Å². The second-order valence-electron chi connectivity index (χ2n) is 6.09. The van der Waals surface area contributed by atoms with Crippen LogP contribution in [-0.2, 0) is 4.79 Å². The number of benzene rings is 3. The summed E-state index contributed by atoms with van der Waals surface area (Å²) in [5.74, 6) is -0.426. The van der Waals surface area contributed by atoms with Crippen LogP contribution in [0.2, 0.25) is 0 Å². The molecule has 3 N–H and O–H groups in total. The Morgan fingerprint density at radius 1 is 0.893 bits per heavy atom. The largest absolute Gasteiger partial charge is 0.508 e.